The fourth-order valence-corrected chi connectivity index (χ4v) is 4.90. The summed E-state index contributed by atoms with van der Waals surface area (Å²) in [6, 6.07) is 0.801. The molecule has 1 amide bonds. The predicted molar refractivity (Wildman–Crippen MR) is 133 cm³/mol. The van der Waals surface area contributed by atoms with Crippen LogP contribution in [0.3, 0.4) is 0 Å². The molecule has 0 aliphatic carbocycles. The third-order valence-electron chi connectivity index (χ3n) is 5.32. The summed E-state index contributed by atoms with van der Waals surface area (Å²) in [6.07, 6.45) is 4.75. The van der Waals surface area contributed by atoms with Gasteiger partial charge in [-0.05, 0) is 59.8 Å². The van der Waals surface area contributed by atoms with Crippen molar-refractivity contribution in [1.82, 2.24) is 20.5 Å². The number of carbonyl (C=O) groups excluding carboxylic acids is 1. The molecule has 9 heteroatoms. The van der Waals surface area contributed by atoms with E-state index in [9.17, 15) is 4.79 Å². The zero-order chi connectivity index (χ0) is 21.0. The van der Waals surface area contributed by atoms with Gasteiger partial charge in [0.2, 0.25) is 0 Å². The smallest absolute Gasteiger partial charge is 0.410 e. The standard InChI is InChI=1S/C21H35N5O2S.HI/c1-6-18-24-15(13-29-18)12-23-19(22-7-2)25-14-10-16-8-9-17(11-14)26(16)20(27)28-21(3,4)5;/h13-14,16-17H,6-12H2,1-5H3,(H2,22,23,25);1H. The number of hydrogen-bond donors (Lipinski definition) is 2. The summed E-state index contributed by atoms with van der Waals surface area (Å²) < 4.78 is 5.64. The van der Waals surface area contributed by atoms with Gasteiger partial charge in [-0.25, -0.2) is 14.8 Å². The Morgan fingerprint density at radius 3 is 2.50 bits per heavy atom. The highest BCUT2D eigenvalue weighted by molar-refractivity contribution is 14.0. The maximum Gasteiger partial charge on any atom is 0.410 e. The Labute approximate surface area is 201 Å². The van der Waals surface area contributed by atoms with Crippen LogP contribution in [0.4, 0.5) is 4.79 Å². The summed E-state index contributed by atoms with van der Waals surface area (Å²) in [6.45, 7) is 11.4. The number of aliphatic imine (C=N–C) groups is 1. The van der Waals surface area contributed by atoms with Gasteiger partial charge < -0.3 is 20.3 Å². The largest absolute Gasteiger partial charge is 0.444 e. The number of halogens is 1. The molecule has 7 nitrogen and oxygen atoms in total. The number of aryl methyl sites for hydroxylation is 1. The molecule has 170 valence electrons. The molecule has 2 unspecified atom stereocenters. The molecule has 0 spiro atoms. The van der Waals surface area contributed by atoms with Gasteiger partial charge in [-0.3, -0.25) is 0 Å². The molecule has 2 N–H and O–H groups in total. The number of guanidine groups is 1. The SMILES string of the molecule is CCNC(=NCc1csc(CC)n1)NC1CC2CCC(C1)N2C(=O)OC(C)(C)C.I. The molecule has 30 heavy (non-hydrogen) atoms. The average molecular weight is 550 g/mol. The predicted octanol–water partition coefficient (Wildman–Crippen LogP) is 4.31. The maximum atomic E-state index is 12.6. The maximum absolute atomic E-state index is 12.6. The van der Waals surface area contributed by atoms with Crippen molar-refractivity contribution in [2.75, 3.05) is 6.54 Å². The Balaban J connectivity index is 0.00000320. The summed E-state index contributed by atoms with van der Waals surface area (Å²) in [5.74, 6) is 0.827. The Morgan fingerprint density at radius 2 is 1.97 bits per heavy atom. The number of piperidine rings is 1. The lowest BCUT2D eigenvalue weighted by Gasteiger charge is -2.40. The van der Waals surface area contributed by atoms with Gasteiger partial charge in [0.25, 0.3) is 0 Å². The van der Waals surface area contributed by atoms with Crippen molar-refractivity contribution in [2.24, 2.45) is 4.99 Å². The normalized spacial score (nSPS) is 23.7. The van der Waals surface area contributed by atoms with Crippen molar-refractivity contribution in [2.45, 2.75) is 97.0 Å². The molecule has 3 rings (SSSR count). The van der Waals surface area contributed by atoms with E-state index in [0.717, 1.165) is 55.3 Å². The van der Waals surface area contributed by atoms with Crippen LogP contribution in [-0.4, -0.2) is 52.2 Å². The van der Waals surface area contributed by atoms with Gasteiger partial charge in [-0.1, -0.05) is 6.92 Å². The molecule has 2 bridgehead atoms. The number of thiazole rings is 1. The third kappa shape index (κ3) is 6.70. The summed E-state index contributed by atoms with van der Waals surface area (Å²) in [5, 5.41) is 10.2. The minimum atomic E-state index is -0.455. The fraction of sp³-hybridized carbons (Fsp3) is 0.762. The van der Waals surface area contributed by atoms with Crippen molar-refractivity contribution in [3.05, 3.63) is 16.1 Å². The number of carbonyl (C=O) groups is 1. The second-order valence-electron chi connectivity index (χ2n) is 8.87. The van der Waals surface area contributed by atoms with Gasteiger partial charge in [0.15, 0.2) is 5.96 Å². The molecule has 2 fully saturated rings. The van der Waals surface area contributed by atoms with Crippen molar-refractivity contribution >= 4 is 47.4 Å². The van der Waals surface area contributed by atoms with Crippen molar-refractivity contribution in [3.8, 4) is 0 Å². The molecule has 2 aliphatic heterocycles. The third-order valence-corrected chi connectivity index (χ3v) is 6.37. The monoisotopic (exact) mass is 549 g/mol. The fourth-order valence-electron chi connectivity index (χ4n) is 4.16. The second-order valence-corrected chi connectivity index (χ2v) is 9.81. The van der Waals surface area contributed by atoms with Crippen molar-refractivity contribution < 1.29 is 9.53 Å². The van der Waals surface area contributed by atoms with Crippen LogP contribution >= 0.6 is 35.3 Å². The number of nitrogens with zero attached hydrogens (tertiary/aromatic N) is 3. The van der Waals surface area contributed by atoms with Crippen LogP contribution in [-0.2, 0) is 17.7 Å². The van der Waals surface area contributed by atoms with Crippen LogP contribution in [0.25, 0.3) is 0 Å². The highest BCUT2D eigenvalue weighted by Gasteiger charge is 2.45. The number of hydrogen-bond acceptors (Lipinski definition) is 5. The van der Waals surface area contributed by atoms with Crippen LogP contribution < -0.4 is 10.6 Å². The van der Waals surface area contributed by atoms with Crippen LogP contribution in [0.5, 0.6) is 0 Å². The molecule has 1 aromatic rings. The van der Waals surface area contributed by atoms with Gasteiger partial charge in [-0.2, -0.15) is 0 Å². The van der Waals surface area contributed by atoms with Gasteiger partial charge in [-0.15, -0.1) is 35.3 Å². The Bertz CT molecular complexity index is 719. The van der Waals surface area contributed by atoms with E-state index in [1.54, 1.807) is 11.3 Å². The van der Waals surface area contributed by atoms with Crippen molar-refractivity contribution in [1.29, 1.82) is 0 Å². The van der Waals surface area contributed by atoms with Crippen molar-refractivity contribution in [3.63, 3.8) is 0 Å². The lowest BCUT2D eigenvalue weighted by molar-refractivity contribution is 0.00545. The summed E-state index contributed by atoms with van der Waals surface area (Å²) in [5.41, 5.74) is 0.563. The zero-order valence-electron chi connectivity index (χ0n) is 18.7. The van der Waals surface area contributed by atoms with E-state index < -0.39 is 5.60 Å². The van der Waals surface area contributed by atoms with Gasteiger partial charge in [0.05, 0.1) is 17.2 Å². The molecule has 3 heterocycles. The molecular weight excluding hydrogens is 513 g/mol. The van der Waals surface area contributed by atoms with Gasteiger partial charge >= 0.3 is 6.09 Å². The molecular formula is C21H36IN5O2S. The molecule has 0 saturated carbocycles. The summed E-state index contributed by atoms with van der Waals surface area (Å²) in [7, 11) is 0. The Kier molecular flexibility index (Phi) is 9.20. The number of amides is 1. The number of ether oxygens (including phenoxy) is 1. The lowest BCUT2D eigenvalue weighted by atomic mass is 9.98. The first-order valence-corrected chi connectivity index (χ1v) is 11.7. The van der Waals surface area contributed by atoms with Crippen LogP contribution in [0.2, 0.25) is 0 Å². The number of rotatable bonds is 5. The number of aromatic nitrogens is 1. The lowest BCUT2D eigenvalue weighted by Crippen LogP contribution is -2.55. The van der Waals surface area contributed by atoms with Crippen LogP contribution in [0, 0.1) is 0 Å². The van der Waals surface area contributed by atoms with E-state index in [1.165, 1.54) is 0 Å². The van der Waals surface area contributed by atoms with E-state index in [-0.39, 0.29) is 42.2 Å². The number of fused-ring (bicyclic) bond motifs is 2. The summed E-state index contributed by atoms with van der Waals surface area (Å²) >= 11 is 1.70. The molecule has 2 atom stereocenters. The van der Waals surface area contributed by atoms with E-state index in [0.29, 0.717) is 12.6 Å². The number of nitrogens with one attached hydrogen (secondary N) is 2. The molecule has 2 aliphatic rings. The van der Waals surface area contributed by atoms with Crippen LogP contribution in [0.15, 0.2) is 10.4 Å². The van der Waals surface area contributed by atoms with E-state index in [4.69, 9.17) is 9.73 Å². The summed E-state index contributed by atoms with van der Waals surface area (Å²) in [4.78, 5) is 23.9. The quantitative estimate of drug-likeness (QED) is 0.325. The first-order valence-electron chi connectivity index (χ1n) is 10.8. The zero-order valence-corrected chi connectivity index (χ0v) is 21.9. The second kappa shape index (κ2) is 11.0. The van der Waals surface area contributed by atoms with Crippen LogP contribution in [0.1, 0.15) is 71.0 Å². The van der Waals surface area contributed by atoms with E-state index in [1.807, 2.05) is 25.7 Å². The molecule has 2 saturated heterocycles. The topological polar surface area (TPSA) is 78.9 Å². The van der Waals surface area contributed by atoms with E-state index in [2.05, 4.69) is 34.8 Å². The Hall–Kier alpha value is -1.10. The molecule has 1 aromatic heterocycles. The molecule has 0 aromatic carbocycles. The highest BCUT2D eigenvalue weighted by Crippen LogP contribution is 2.36. The molecule has 0 radical (unpaired) electrons. The van der Waals surface area contributed by atoms with Gasteiger partial charge in [0, 0.05) is 30.1 Å². The first-order chi connectivity index (χ1) is 13.8. The first kappa shape index (κ1) is 25.2. The van der Waals surface area contributed by atoms with Gasteiger partial charge in [0.1, 0.15) is 5.60 Å². The average Bonchev–Trinajstić information content (AvgIpc) is 3.21. The minimum absolute atomic E-state index is 0. The Morgan fingerprint density at radius 1 is 1.30 bits per heavy atom. The van der Waals surface area contributed by atoms with E-state index >= 15 is 0 Å². The minimum Gasteiger partial charge on any atom is -0.444 e. The highest BCUT2D eigenvalue weighted by atomic mass is 127.